The third-order valence-corrected chi connectivity index (χ3v) is 4.48. The van der Waals surface area contributed by atoms with E-state index >= 15 is 0 Å². The van der Waals surface area contributed by atoms with Crippen molar-refractivity contribution in [3.8, 4) is 27.8 Å². The molecule has 25 heavy (non-hydrogen) atoms. The Morgan fingerprint density at radius 1 is 1.16 bits per heavy atom. The van der Waals surface area contributed by atoms with Crippen molar-refractivity contribution in [1.82, 2.24) is 29.6 Å². The first kappa shape index (κ1) is 15.6. The molecule has 0 radical (unpaired) electrons. The molecule has 3 heterocycles. The van der Waals surface area contributed by atoms with E-state index in [9.17, 15) is 8.78 Å². The molecule has 0 N–H and O–H groups in total. The molecule has 0 amide bonds. The highest BCUT2D eigenvalue weighted by Crippen LogP contribution is 2.30. The van der Waals surface area contributed by atoms with Crippen LogP contribution in [0.5, 0.6) is 5.75 Å². The van der Waals surface area contributed by atoms with E-state index in [0.29, 0.717) is 21.4 Å². The molecule has 7 nitrogen and oxygen atoms in total. The molecule has 0 bridgehead atoms. The summed E-state index contributed by atoms with van der Waals surface area (Å²) in [5.41, 5.74) is 2.32. The lowest BCUT2D eigenvalue weighted by Gasteiger charge is -2.04. The van der Waals surface area contributed by atoms with Crippen LogP contribution in [-0.4, -0.2) is 36.2 Å². The smallest absolute Gasteiger partial charge is 0.387 e. The largest absolute Gasteiger partial charge is 0.435 e. The van der Waals surface area contributed by atoms with Crippen molar-refractivity contribution in [2.24, 2.45) is 7.05 Å². The Hall–Kier alpha value is -2.88. The van der Waals surface area contributed by atoms with Gasteiger partial charge in [0.05, 0.1) is 5.69 Å². The van der Waals surface area contributed by atoms with Gasteiger partial charge in [-0.2, -0.15) is 23.5 Å². The van der Waals surface area contributed by atoms with Crippen molar-refractivity contribution < 1.29 is 13.5 Å². The van der Waals surface area contributed by atoms with Crippen LogP contribution in [0.25, 0.3) is 27.1 Å². The van der Waals surface area contributed by atoms with E-state index in [0.717, 1.165) is 11.4 Å². The number of aryl methyl sites for hydroxylation is 2. The molecule has 0 aliphatic carbocycles. The van der Waals surface area contributed by atoms with Gasteiger partial charge in [0.1, 0.15) is 16.5 Å². The Kier molecular flexibility index (Phi) is 3.68. The number of aromatic nitrogens is 6. The van der Waals surface area contributed by atoms with Crippen LogP contribution in [0.4, 0.5) is 8.78 Å². The molecule has 0 atom stereocenters. The van der Waals surface area contributed by atoms with Gasteiger partial charge in [-0.05, 0) is 25.1 Å². The fraction of sp³-hybridized carbons (Fsp3) is 0.200. The highest BCUT2D eigenvalue weighted by molar-refractivity contribution is 7.19. The first-order valence-corrected chi connectivity index (χ1v) is 8.11. The number of hydrogen-bond donors (Lipinski definition) is 0. The number of ether oxygens (including phenoxy) is 1. The summed E-state index contributed by atoms with van der Waals surface area (Å²) in [5.74, 6) is 0.654. The van der Waals surface area contributed by atoms with E-state index in [1.54, 1.807) is 21.3 Å². The van der Waals surface area contributed by atoms with E-state index in [1.165, 1.54) is 23.5 Å². The summed E-state index contributed by atoms with van der Waals surface area (Å²) in [6.07, 6.45) is 0. The van der Waals surface area contributed by atoms with Crippen molar-refractivity contribution in [2.75, 3.05) is 0 Å². The molecule has 10 heteroatoms. The predicted octanol–water partition coefficient (Wildman–Crippen LogP) is 3.16. The number of fused-ring (bicyclic) bond motifs is 1. The van der Waals surface area contributed by atoms with E-state index < -0.39 is 6.61 Å². The van der Waals surface area contributed by atoms with Gasteiger partial charge < -0.3 is 4.74 Å². The fourth-order valence-electron chi connectivity index (χ4n) is 2.52. The van der Waals surface area contributed by atoms with Crippen LogP contribution in [-0.2, 0) is 7.05 Å². The number of rotatable bonds is 4. The summed E-state index contributed by atoms with van der Waals surface area (Å²) in [7, 11) is 1.82. The molecule has 0 unspecified atom stereocenters. The average Bonchev–Trinajstić information content (AvgIpc) is 3.20. The summed E-state index contributed by atoms with van der Waals surface area (Å²) in [6, 6.07) is 8.30. The number of nitrogens with zero attached hydrogens (tertiary/aromatic N) is 6. The van der Waals surface area contributed by atoms with Gasteiger partial charge >= 0.3 is 6.61 Å². The number of alkyl halides is 2. The third-order valence-electron chi connectivity index (χ3n) is 3.53. The van der Waals surface area contributed by atoms with Crippen LogP contribution in [0.2, 0.25) is 0 Å². The monoisotopic (exact) mass is 362 g/mol. The van der Waals surface area contributed by atoms with Crippen molar-refractivity contribution in [3.05, 3.63) is 36.0 Å². The van der Waals surface area contributed by atoms with Gasteiger partial charge in [-0.1, -0.05) is 23.5 Å². The molecule has 0 fully saturated rings. The zero-order valence-corrected chi connectivity index (χ0v) is 14.0. The van der Waals surface area contributed by atoms with Crippen molar-refractivity contribution in [1.29, 1.82) is 0 Å². The molecule has 0 saturated heterocycles. The van der Waals surface area contributed by atoms with Crippen LogP contribution >= 0.6 is 11.3 Å². The lowest BCUT2D eigenvalue weighted by atomic mass is 10.2. The van der Waals surface area contributed by atoms with Gasteiger partial charge in [0.25, 0.3) is 0 Å². The van der Waals surface area contributed by atoms with Gasteiger partial charge in [0.2, 0.25) is 10.8 Å². The molecule has 4 aromatic rings. The topological polar surface area (TPSA) is 70.1 Å². The van der Waals surface area contributed by atoms with Crippen LogP contribution in [0, 0.1) is 6.92 Å². The van der Waals surface area contributed by atoms with Gasteiger partial charge in [-0.25, -0.2) is 0 Å². The zero-order valence-electron chi connectivity index (χ0n) is 13.2. The lowest BCUT2D eigenvalue weighted by Crippen LogP contribution is -2.01. The minimum absolute atomic E-state index is 0.0842. The molecule has 0 spiro atoms. The van der Waals surface area contributed by atoms with Crippen molar-refractivity contribution in [3.63, 3.8) is 0 Å². The van der Waals surface area contributed by atoms with Crippen molar-refractivity contribution in [2.45, 2.75) is 13.5 Å². The van der Waals surface area contributed by atoms with Gasteiger partial charge in [0.15, 0.2) is 0 Å². The Labute approximate surface area is 144 Å². The Morgan fingerprint density at radius 2 is 2.00 bits per heavy atom. The highest BCUT2D eigenvalue weighted by atomic mass is 32.1. The Morgan fingerprint density at radius 3 is 2.72 bits per heavy atom. The number of benzene rings is 1. The maximum Gasteiger partial charge on any atom is 0.387 e. The van der Waals surface area contributed by atoms with Crippen molar-refractivity contribution >= 4 is 16.3 Å². The third kappa shape index (κ3) is 2.84. The second-order valence-corrected chi connectivity index (χ2v) is 6.28. The fourth-order valence-corrected chi connectivity index (χ4v) is 3.35. The zero-order chi connectivity index (χ0) is 17.6. The molecule has 0 saturated carbocycles. The van der Waals surface area contributed by atoms with Crippen LogP contribution in [0.15, 0.2) is 30.3 Å². The van der Waals surface area contributed by atoms with Gasteiger partial charge in [-0.15, -0.1) is 10.2 Å². The Bertz CT molecular complexity index is 1050. The van der Waals surface area contributed by atoms with E-state index in [2.05, 4.69) is 25.1 Å². The second-order valence-electron chi connectivity index (χ2n) is 5.33. The minimum atomic E-state index is -2.87. The first-order chi connectivity index (χ1) is 12.0. The number of halogens is 2. The number of hydrogen-bond acceptors (Lipinski definition) is 6. The maximum absolute atomic E-state index is 12.4. The van der Waals surface area contributed by atoms with E-state index in [4.69, 9.17) is 0 Å². The SMILES string of the molecule is Cc1cc(-c2nnc3sc(-c4cccc(OC(F)F)c4)nn23)n(C)n1. The molecule has 4 rings (SSSR count). The van der Waals surface area contributed by atoms with Crippen LogP contribution in [0.3, 0.4) is 0 Å². The summed E-state index contributed by atoms with van der Waals surface area (Å²) in [6.45, 7) is -0.976. The first-order valence-electron chi connectivity index (χ1n) is 7.30. The van der Waals surface area contributed by atoms with Crippen LogP contribution < -0.4 is 4.74 Å². The summed E-state index contributed by atoms with van der Waals surface area (Å²) >= 11 is 1.31. The molecule has 128 valence electrons. The van der Waals surface area contributed by atoms with Gasteiger partial charge in [0, 0.05) is 12.6 Å². The molecule has 1 aromatic carbocycles. The summed E-state index contributed by atoms with van der Waals surface area (Å²) in [4.78, 5) is 0.601. The summed E-state index contributed by atoms with van der Waals surface area (Å²) < 4.78 is 32.5. The normalized spacial score (nSPS) is 11.6. The predicted molar refractivity (Wildman–Crippen MR) is 87.7 cm³/mol. The summed E-state index contributed by atoms with van der Waals surface area (Å²) in [5, 5.41) is 17.8. The molecular formula is C15H12F2N6OS. The standard InChI is InChI=1S/C15H12F2N6OS/c1-8-6-11(22(2)20-8)12-18-19-15-23(12)21-13(25-15)9-4-3-5-10(7-9)24-14(16)17/h3-7,14H,1-2H3. The Balaban J connectivity index is 1.77. The van der Waals surface area contributed by atoms with E-state index in [1.807, 2.05) is 20.0 Å². The van der Waals surface area contributed by atoms with E-state index in [-0.39, 0.29) is 5.75 Å². The van der Waals surface area contributed by atoms with Crippen LogP contribution in [0.1, 0.15) is 5.69 Å². The molecule has 0 aliphatic heterocycles. The highest BCUT2D eigenvalue weighted by Gasteiger charge is 2.17. The molecule has 0 aliphatic rings. The second kappa shape index (κ2) is 5.88. The maximum atomic E-state index is 12.4. The minimum Gasteiger partial charge on any atom is -0.435 e. The average molecular weight is 362 g/mol. The lowest BCUT2D eigenvalue weighted by molar-refractivity contribution is -0.0498. The van der Waals surface area contributed by atoms with Gasteiger partial charge in [-0.3, -0.25) is 4.68 Å². The molecular weight excluding hydrogens is 350 g/mol. The quantitative estimate of drug-likeness (QED) is 0.558. The molecule has 3 aromatic heterocycles.